The molecule has 2 heterocycles. The predicted octanol–water partition coefficient (Wildman–Crippen LogP) is 5.22. The van der Waals surface area contributed by atoms with Crippen LogP contribution >= 0.6 is 12.2 Å². The Hall–Kier alpha value is -3.45. The van der Waals surface area contributed by atoms with Gasteiger partial charge in [0.1, 0.15) is 0 Å². The summed E-state index contributed by atoms with van der Waals surface area (Å²) in [4.78, 5) is 0. The summed E-state index contributed by atoms with van der Waals surface area (Å²) >= 11 is 5.54. The van der Waals surface area contributed by atoms with Crippen LogP contribution in [0.2, 0.25) is 0 Å². The Morgan fingerprint density at radius 2 is 1.62 bits per heavy atom. The smallest absolute Gasteiger partial charge is 0.176 e. The van der Waals surface area contributed by atoms with Gasteiger partial charge in [-0.05, 0) is 51.0 Å². The van der Waals surface area contributed by atoms with E-state index in [2.05, 4.69) is 85.0 Å². The Labute approximate surface area is 194 Å². The zero-order valence-electron chi connectivity index (χ0n) is 18.9. The van der Waals surface area contributed by atoms with Crippen LogP contribution in [-0.2, 0) is 13.1 Å². The second-order valence-electron chi connectivity index (χ2n) is 8.16. The van der Waals surface area contributed by atoms with Crippen molar-refractivity contribution in [1.82, 2.24) is 19.6 Å². The van der Waals surface area contributed by atoms with Crippen LogP contribution in [0.4, 0.5) is 11.5 Å². The van der Waals surface area contributed by atoms with Gasteiger partial charge in [-0.1, -0.05) is 59.7 Å². The average molecular weight is 445 g/mol. The maximum absolute atomic E-state index is 5.54. The zero-order valence-corrected chi connectivity index (χ0v) is 19.7. The minimum atomic E-state index is 0.492. The number of benzene rings is 2. The number of hydrogen-bond acceptors (Lipinski definition) is 3. The largest absolute Gasteiger partial charge is 0.329 e. The van der Waals surface area contributed by atoms with Crippen LogP contribution in [0.1, 0.15) is 33.6 Å². The summed E-state index contributed by atoms with van der Waals surface area (Å²) < 4.78 is 3.90. The average Bonchev–Trinajstić information content (AvgIpc) is 3.28. The first kappa shape index (κ1) is 21.8. The number of anilines is 2. The lowest BCUT2D eigenvalue weighted by molar-refractivity contribution is 0.659. The zero-order chi connectivity index (χ0) is 22.7. The topological polar surface area (TPSA) is 59.7 Å². The standard InChI is InChI=1S/C25H28N6S/c1-17-8-10-21(11-9-17)16-31-20(4)24(19(3)28-31)27-25(32)26-23-12-13-30(29-23)15-22-7-5-6-18(2)14-22/h5-14H,15-16H2,1-4H3,(H2,26,27,29,32). The van der Waals surface area contributed by atoms with E-state index < -0.39 is 0 Å². The third kappa shape index (κ3) is 5.23. The minimum Gasteiger partial charge on any atom is -0.329 e. The molecule has 2 aromatic heterocycles. The molecule has 0 amide bonds. The van der Waals surface area contributed by atoms with Gasteiger partial charge in [-0.15, -0.1) is 0 Å². The van der Waals surface area contributed by atoms with E-state index >= 15 is 0 Å². The SMILES string of the molecule is Cc1ccc(Cn2nc(C)c(NC(=S)Nc3ccn(Cc4cccc(C)c4)n3)c2C)cc1. The van der Waals surface area contributed by atoms with Gasteiger partial charge in [-0.25, -0.2) is 0 Å². The van der Waals surface area contributed by atoms with Gasteiger partial charge >= 0.3 is 0 Å². The molecule has 4 aromatic rings. The van der Waals surface area contributed by atoms with Crippen molar-refractivity contribution in [2.24, 2.45) is 0 Å². The van der Waals surface area contributed by atoms with E-state index in [0.29, 0.717) is 17.5 Å². The lowest BCUT2D eigenvalue weighted by atomic mass is 10.1. The molecule has 0 aliphatic carbocycles. The lowest BCUT2D eigenvalue weighted by Crippen LogP contribution is -2.20. The van der Waals surface area contributed by atoms with E-state index in [-0.39, 0.29) is 0 Å². The van der Waals surface area contributed by atoms with Crippen molar-refractivity contribution in [2.75, 3.05) is 10.6 Å². The second kappa shape index (κ2) is 9.36. The molecule has 0 aliphatic rings. The van der Waals surface area contributed by atoms with Crippen molar-refractivity contribution in [3.05, 3.63) is 94.4 Å². The highest BCUT2D eigenvalue weighted by Gasteiger charge is 2.14. The molecule has 164 valence electrons. The lowest BCUT2D eigenvalue weighted by Gasteiger charge is -2.10. The second-order valence-corrected chi connectivity index (χ2v) is 8.56. The molecular weight excluding hydrogens is 416 g/mol. The molecule has 0 spiro atoms. The third-order valence-electron chi connectivity index (χ3n) is 5.38. The van der Waals surface area contributed by atoms with E-state index in [9.17, 15) is 0 Å². The van der Waals surface area contributed by atoms with Crippen molar-refractivity contribution in [3.63, 3.8) is 0 Å². The van der Waals surface area contributed by atoms with Crippen molar-refractivity contribution >= 4 is 28.8 Å². The Morgan fingerprint density at radius 3 is 2.38 bits per heavy atom. The molecule has 0 unspecified atom stereocenters. The molecule has 4 rings (SSSR count). The van der Waals surface area contributed by atoms with Gasteiger partial charge in [-0.3, -0.25) is 9.36 Å². The summed E-state index contributed by atoms with van der Waals surface area (Å²) in [5, 5.41) is 16.2. The first-order valence-electron chi connectivity index (χ1n) is 10.6. The number of rotatable bonds is 6. The fourth-order valence-corrected chi connectivity index (χ4v) is 3.88. The van der Waals surface area contributed by atoms with Gasteiger partial charge in [0.05, 0.1) is 30.2 Å². The van der Waals surface area contributed by atoms with Crippen molar-refractivity contribution in [2.45, 2.75) is 40.8 Å². The Kier molecular flexibility index (Phi) is 6.37. The number of hydrogen-bond donors (Lipinski definition) is 2. The highest BCUT2D eigenvalue weighted by Crippen LogP contribution is 2.21. The van der Waals surface area contributed by atoms with Gasteiger partial charge in [0, 0.05) is 12.3 Å². The number of aryl methyl sites for hydroxylation is 3. The van der Waals surface area contributed by atoms with Crippen LogP contribution in [0.3, 0.4) is 0 Å². The van der Waals surface area contributed by atoms with Gasteiger partial charge in [0.15, 0.2) is 10.9 Å². The molecule has 0 bridgehead atoms. The normalized spacial score (nSPS) is 10.9. The molecule has 6 nitrogen and oxygen atoms in total. The molecule has 0 aliphatic heterocycles. The Balaban J connectivity index is 1.39. The first-order chi connectivity index (χ1) is 15.4. The summed E-state index contributed by atoms with van der Waals surface area (Å²) in [5.41, 5.74) is 7.80. The highest BCUT2D eigenvalue weighted by atomic mass is 32.1. The van der Waals surface area contributed by atoms with Crippen LogP contribution in [0.5, 0.6) is 0 Å². The number of thiocarbonyl (C=S) groups is 1. The molecule has 7 heteroatoms. The monoisotopic (exact) mass is 444 g/mol. The maximum atomic E-state index is 5.54. The van der Waals surface area contributed by atoms with Crippen molar-refractivity contribution in [1.29, 1.82) is 0 Å². The fourth-order valence-electron chi connectivity index (χ4n) is 3.67. The molecule has 0 radical (unpaired) electrons. The van der Waals surface area contributed by atoms with E-state index in [0.717, 1.165) is 23.6 Å². The Bertz CT molecular complexity index is 1240. The van der Waals surface area contributed by atoms with Crippen LogP contribution in [0.25, 0.3) is 0 Å². The molecule has 0 saturated carbocycles. The minimum absolute atomic E-state index is 0.492. The summed E-state index contributed by atoms with van der Waals surface area (Å²) in [6.07, 6.45) is 1.95. The Morgan fingerprint density at radius 1 is 0.844 bits per heavy atom. The van der Waals surface area contributed by atoms with E-state index in [1.54, 1.807) is 0 Å². The van der Waals surface area contributed by atoms with Gasteiger partial charge in [-0.2, -0.15) is 10.2 Å². The fraction of sp³-hybridized carbons (Fsp3) is 0.240. The van der Waals surface area contributed by atoms with E-state index in [1.807, 2.05) is 28.6 Å². The molecule has 2 N–H and O–H groups in total. The number of nitrogens with zero attached hydrogens (tertiary/aromatic N) is 4. The summed E-state index contributed by atoms with van der Waals surface area (Å²) in [6.45, 7) is 9.66. The summed E-state index contributed by atoms with van der Waals surface area (Å²) in [5.74, 6) is 0.706. The van der Waals surface area contributed by atoms with Crippen LogP contribution in [-0.4, -0.2) is 24.7 Å². The van der Waals surface area contributed by atoms with Gasteiger partial charge < -0.3 is 10.6 Å². The first-order valence-corrected chi connectivity index (χ1v) is 11.0. The molecule has 0 saturated heterocycles. The predicted molar refractivity (Wildman–Crippen MR) is 134 cm³/mol. The number of aromatic nitrogens is 4. The van der Waals surface area contributed by atoms with Crippen molar-refractivity contribution < 1.29 is 0 Å². The van der Waals surface area contributed by atoms with E-state index in [1.165, 1.54) is 22.3 Å². The highest BCUT2D eigenvalue weighted by molar-refractivity contribution is 7.80. The van der Waals surface area contributed by atoms with Gasteiger partial charge in [0.25, 0.3) is 0 Å². The molecule has 0 fully saturated rings. The quantitative estimate of drug-likeness (QED) is 0.399. The maximum Gasteiger partial charge on any atom is 0.176 e. The molecule has 0 atom stereocenters. The molecule has 2 aromatic carbocycles. The summed E-state index contributed by atoms with van der Waals surface area (Å²) in [6, 6.07) is 18.9. The van der Waals surface area contributed by atoms with Gasteiger partial charge in [0.2, 0.25) is 0 Å². The number of nitrogens with one attached hydrogen (secondary N) is 2. The molecule has 32 heavy (non-hydrogen) atoms. The third-order valence-corrected chi connectivity index (χ3v) is 5.59. The van der Waals surface area contributed by atoms with Crippen LogP contribution in [0, 0.1) is 27.7 Å². The van der Waals surface area contributed by atoms with Crippen LogP contribution in [0.15, 0.2) is 60.8 Å². The van der Waals surface area contributed by atoms with E-state index in [4.69, 9.17) is 17.3 Å². The van der Waals surface area contributed by atoms with Crippen molar-refractivity contribution in [3.8, 4) is 0 Å². The molecular formula is C25H28N6S. The van der Waals surface area contributed by atoms with Crippen LogP contribution < -0.4 is 10.6 Å². The summed E-state index contributed by atoms with van der Waals surface area (Å²) in [7, 11) is 0.